The van der Waals surface area contributed by atoms with Crippen LogP contribution >= 0.6 is 23.4 Å². The van der Waals surface area contributed by atoms with E-state index in [1.165, 1.54) is 11.8 Å². The monoisotopic (exact) mass is 506 g/mol. The summed E-state index contributed by atoms with van der Waals surface area (Å²) in [5, 5.41) is 3.92. The van der Waals surface area contributed by atoms with E-state index in [1.807, 2.05) is 59.5 Å². The maximum Gasteiger partial charge on any atom is 0.257 e. The molecule has 2 amide bonds. The SMILES string of the molecule is O=C(CSc1nc2cc(Cl)ccc2o1)Nc1ccc(N2CCN(C(=O)c3ccccc3)CC2)cc1. The molecule has 7 nitrogen and oxygen atoms in total. The molecule has 1 aliphatic rings. The molecule has 9 heteroatoms. The van der Waals surface area contributed by atoms with Gasteiger partial charge in [0.2, 0.25) is 5.91 Å². The van der Waals surface area contributed by atoms with E-state index in [0.29, 0.717) is 34.4 Å². The van der Waals surface area contributed by atoms with E-state index in [2.05, 4.69) is 15.2 Å². The molecule has 35 heavy (non-hydrogen) atoms. The predicted octanol–water partition coefficient (Wildman–Crippen LogP) is 5.17. The lowest BCUT2D eigenvalue weighted by atomic mass is 10.1. The molecule has 2 heterocycles. The number of nitrogens with one attached hydrogen (secondary N) is 1. The number of fused-ring (bicyclic) bond motifs is 1. The van der Waals surface area contributed by atoms with E-state index in [4.69, 9.17) is 16.0 Å². The number of carbonyl (C=O) groups is 2. The van der Waals surface area contributed by atoms with Crippen LogP contribution in [0.2, 0.25) is 5.02 Å². The van der Waals surface area contributed by atoms with Gasteiger partial charge < -0.3 is 19.5 Å². The van der Waals surface area contributed by atoms with Gasteiger partial charge in [-0.05, 0) is 54.6 Å². The fourth-order valence-corrected chi connectivity index (χ4v) is 4.76. The summed E-state index contributed by atoms with van der Waals surface area (Å²) in [5.41, 5.74) is 3.81. The molecule has 178 valence electrons. The molecule has 1 saturated heterocycles. The third kappa shape index (κ3) is 5.61. The maximum absolute atomic E-state index is 12.6. The number of hydrogen-bond acceptors (Lipinski definition) is 6. The minimum absolute atomic E-state index is 0.0721. The van der Waals surface area contributed by atoms with E-state index in [-0.39, 0.29) is 17.6 Å². The number of benzene rings is 3. The highest BCUT2D eigenvalue weighted by atomic mass is 35.5. The zero-order valence-electron chi connectivity index (χ0n) is 18.8. The van der Waals surface area contributed by atoms with Crippen LogP contribution in [0, 0.1) is 0 Å². The van der Waals surface area contributed by atoms with Crippen molar-refractivity contribution in [2.24, 2.45) is 0 Å². The van der Waals surface area contributed by atoms with Gasteiger partial charge in [0.25, 0.3) is 11.1 Å². The molecule has 0 bridgehead atoms. The quantitative estimate of drug-likeness (QED) is 0.363. The van der Waals surface area contributed by atoms with Crippen molar-refractivity contribution in [1.29, 1.82) is 0 Å². The van der Waals surface area contributed by atoms with Crippen molar-refractivity contribution in [3.05, 3.63) is 83.4 Å². The topological polar surface area (TPSA) is 78.7 Å². The molecule has 1 aliphatic heterocycles. The Morgan fingerprint density at radius 3 is 2.46 bits per heavy atom. The Morgan fingerprint density at radius 2 is 1.71 bits per heavy atom. The second-order valence-electron chi connectivity index (χ2n) is 8.12. The lowest BCUT2D eigenvalue weighted by Gasteiger charge is -2.36. The standard InChI is InChI=1S/C26H23ClN4O3S/c27-19-6-11-23-22(16-19)29-26(34-23)35-17-24(32)28-20-7-9-21(10-8-20)30-12-14-31(15-13-30)25(33)18-4-2-1-3-5-18/h1-11,16H,12-15,17H2,(H,28,32). The fourth-order valence-electron chi connectivity index (χ4n) is 3.95. The molecule has 0 atom stereocenters. The normalized spacial score (nSPS) is 13.7. The van der Waals surface area contributed by atoms with Crippen LogP contribution in [0.25, 0.3) is 11.1 Å². The molecule has 0 radical (unpaired) electrons. The van der Waals surface area contributed by atoms with Gasteiger partial charge in [-0.3, -0.25) is 9.59 Å². The van der Waals surface area contributed by atoms with Gasteiger partial charge in [0.15, 0.2) is 5.58 Å². The highest BCUT2D eigenvalue weighted by molar-refractivity contribution is 7.99. The van der Waals surface area contributed by atoms with Gasteiger partial charge in [-0.1, -0.05) is 41.6 Å². The van der Waals surface area contributed by atoms with Crippen molar-refractivity contribution >= 4 is 57.7 Å². The van der Waals surface area contributed by atoms with Gasteiger partial charge in [0.05, 0.1) is 5.75 Å². The van der Waals surface area contributed by atoms with Gasteiger partial charge in [-0.2, -0.15) is 0 Å². The summed E-state index contributed by atoms with van der Waals surface area (Å²) in [7, 11) is 0. The van der Waals surface area contributed by atoms with E-state index in [0.717, 1.165) is 30.0 Å². The van der Waals surface area contributed by atoms with Crippen LogP contribution in [0.1, 0.15) is 10.4 Å². The van der Waals surface area contributed by atoms with Crippen LogP contribution in [-0.4, -0.2) is 53.6 Å². The average Bonchev–Trinajstić information content (AvgIpc) is 3.30. The molecule has 3 aromatic carbocycles. The molecule has 1 aromatic heterocycles. The van der Waals surface area contributed by atoms with Gasteiger partial charge in [-0.25, -0.2) is 4.98 Å². The smallest absolute Gasteiger partial charge is 0.257 e. The number of piperazine rings is 1. The molecule has 1 fully saturated rings. The second kappa shape index (κ2) is 10.4. The van der Waals surface area contributed by atoms with Crippen LogP contribution in [0.3, 0.4) is 0 Å². The highest BCUT2D eigenvalue weighted by Crippen LogP contribution is 2.26. The van der Waals surface area contributed by atoms with Crippen molar-refractivity contribution in [3.8, 4) is 0 Å². The average molecular weight is 507 g/mol. The van der Waals surface area contributed by atoms with E-state index >= 15 is 0 Å². The Kier molecular flexibility index (Phi) is 6.92. The van der Waals surface area contributed by atoms with Crippen molar-refractivity contribution in [2.45, 2.75) is 5.22 Å². The number of carbonyl (C=O) groups excluding carboxylic acids is 2. The Bertz CT molecular complexity index is 1340. The highest BCUT2D eigenvalue weighted by Gasteiger charge is 2.22. The summed E-state index contributed by atoms with van der Waals surface area (Å²) >= 11 is 7.21. The van der Waals surface area contributed by atoms with Crippen LogP contribution < -0.4 is 10.2 Å². The molecule has 1 N–H and O–H groups in total. The Balaban J connectivity index is 1.11. The molecule has 4 aromatic rings. The summed E-state index contributed by atoms with van der Waals surface area (Å²) in [5.74, 6) is 0.110. The zero-order chi connectivity index (χ0) is 24.2. The minimum Gasteiger partial charge on any atom is -0.431 e. The van der Waals surface area contributed by atoms with Gasteiger partial charge >= 0.3 is 0 Å². The van der Waals surface area contributed by atoms with Crippen molar-refractivity contribution in [1.82, 2.24) is 9.88 Å². The summed E-state index contributed by atoms with van der Waals surface area (Å²) < 4.78 is 5.64. The first-order valence-electron chi connectivity index (χ1n) is 11.2. The first-order valence-corrected chi connectivity index (χ1v) is 12.6. The predicted molar refractivity (Wildman–Crippen MR) is 139 cm³/mol. The van der Waals surface area contributed by atoms with Crippen LogP contribution in [0.15, 0.2) is 82.4 Å². The van der Waals surface area contributed by atoms with Crippen LogP contribution in [0.4, 0.5) is 11.4 Å². The third-order valence-corrected chi connectivity index (χ3v) is 6.82. The number of amides is 2. The molecule has 0 aliphatic carbocycles. The summed E-state index contributed by atoms with van der Waals surface area (Å²) in [6.45, 7) is 2.87. The first kappa shape index (κ1) is 23.3. The zero-order valence-corrected chi connectivity index (χ0v) is 20.4. The number of aromatic nitrogens is 1. The number of oxazole rings is 1. The largest absolute Gasteiger partial charge is 0.431 e. The third-order valence-electron chi connectivity index (χ3n) is 5.76. The van der Waals surface area contributed by atoms with Gasteiger partial charge in [0, 0.05) is 48.1 Å². The molecule has 5 rings (SSSR count). The number of halogens is 1. The van der Waals surface area contributed by atoms with Crippen LogP contribution in [-0.2, 0) is 4.79 Å². The fraction of sp³-hybridized carbons (Fsp3) is 0.192. The van der Waals surface area contributed by atoms with Crippen molar-refractivity contribution < 1.29 is 14.0 Å². The second-order valence-corrected chi connectivity index (χ2v) is 9.48. The summed E-state index contributed by atoms with van der Waals surface area (Å²) in [6.07, 6.45) is 0. The number of anilines is 2. The first-order chi connectivity index (χ1) is 17.0. The number of nitrogens with zero attached hydrogens (tertiary/aromatic N) is 3. The number of hydrogen-bond donors (Lipinski definition) is 1. The van der Waals surface area contributed by atoms with Crippen molar-refractivity contribution in [3.63, 3.8) is 0 Å². The van der Waals surface area contributed by atoms with E-state index in [1.54, 1.807) is 18.2 Å². The lowest BCUT2D eigenvalue weighted by molar-refractivity contribution is -0.113. The van der Waals surface area contributed by atoms with Crippen LogP contribution in [0.5, 0.6) is 0 Å². The molecule has 0 spiro atoms. The van der Waals surface area contributed by atoms with Gasteiger partial charge in [0.1, 0.15) is 5.52 Å². The number of rotatable bonds is 6. The lowest BCUT2D eigenvalue weighted by Crippen LogP contribution is -2.48. The summed E-state index contributed by atoms with van der Waals surface area (Å²) in [6, 6.07) is 22.4. The Morgan fingerprint density at radius 1 is 0.971 bits per heavy atom. The molecular weight excluding hydrogens is 484 g/mol. The van der Waals surface area contributed by atoms with Crippen molar-refractivity contribution in [2.75, 3.05) is 42.1 Å². The maximum atomic E-state index is 12.6. The molecular formula is C26H23ClN4O3S. The number of thioether (sulfide) groups is 1. The molecule has 0 saturated carbocycles. The minimum atomic E-state index is -0.143. The van der Waals surface area contributed by atoms with Gasteiger partial charge in [-0.15, -0.1) is 0 Å². The van der Waals surface area contributed by atoms with E-state index < -0.39 is 0 Å². The Labute approximate surface area is 212 Å². The molecule has 0 unspecified atom stereocenters. The Hall–Kier alpha value is -3.49. The van der Waals surface area contributed by atoms with E-state index in [9.17, 15) is 9.59 Å². The summed E-state index contributed by atoms with van der Waals surface area (Å²) in [4.78, 5) is 33.5.